The molecule has 116 valence electrons. The maximum absolute atomic E-state index is 11.6. The first-order chi connectivity index (χ1) is 9.72. The lowest BCUT2D eigenvalue weighted by Crippen LogP contribution is -2.32. The van der Waals surface area contributed by atoms with Gasteiger partial charge in [-0.05, 0) is 26.0 Å². The third-order valence-corrected chi connectivity index (χ3v) is 3.07. The second-order valence-corrected chi connectivity index (χ2v) is 5.37. The van der Waals surface area contributed by atoms with Crippen LogP contribution in [0.25, 0.3) is 0 Å². The smallest absolute Gasteiger partial charge is 0.335 e. The number of benzene rings is 1. The van der Waals surface area contributed by atoms with E-state index in [4.69, 9.17) is 26.2 Å². The zero-order valence-corrected chi connectivity index (χ0v) is 13.0. The van der Waals surface area contributed by atoms with E-state index in [0.29, 0.717) is 0 Å². The number of hydrogen-bond acceptors (Lipinski definition) is 5. The highest BCUT2D eigenvalue weighted by Gasteiger charge is 2.30. The topological polar surface area (TPSA) is 82.1 Å². The van der Waals surface area contributed by atoms with Crippen molar-refractivity contribution in [2.24, 2.45) is 5.41 Å². The van der Waals surface area contributed by atoms with Gasteiger partial charge < -0.3 is 19.3 Å². The number of rotatable bonds is 6. The molecule has 0 saturated heterocycles. The van der Waals surface area contributed by atoms with Crippen LogP contribution in [0.1, 0.15) is 24.2 Å². The third kappa shape index (κ3) is 4.01. The van der Waals surface area contributed by atoms with Crippen molar-refractivity contribution >= 4 is 23.5 Å². The number of carboxylic acids is 1. The monoisotopic (exact) mass is 316 g/mol. The molecule has 0 heterocycles. The van der Waals surface area contributed by atoms with Gasteiger partial charge in [0.05, 0.1) is 30.2 Å². The molecule has 1 aromatic carbocycles. The molecular weight excluding hydrogens is 300 g/mol. The van der Waals surface area contributed by atoms with Crippen LogP contribution in [0.3, 0.4) is 0 Å². The fourth-order valence-corrected chi connectivity index (χ4v) is 1.84. The van der Waals surface area contributed by atoms with E-state index >= 15 is 0 Å². The molecule has 0 radical (unpaired) electrons. The van der Waals surface area contributed by atoms with Gasteiger partial charge in [0.1, 0.15) is 6.61 Å². The Bertz CT molecular complexity index is 553. The Morgan fingerprint density at radius 1 is 1.29 bits per heavy atom. The van der Waals surface area contributed by atoms with Crippen LogP contribution in [-0.2, 0) is 9.53 Å². The van der Waals surface area contributed by atoms with E-state index in [2.05, 4.69) is 4.74 Å². The molecule has 6 nitrogen and oxygen atoms in total. The highest BCUT2D eigenvalue weighted by molar-refractivity contribution is 6.32. The van der Waals surface area contributed by atoms with Crippen molar-refractivity contribution in [2.75, 3.05) is 20.8 Å². The molecule has 0 aromatic heterocycles. The predicted octanol–water partition coefficient (Wildman–Crippen LogP) is 2.62. The fraction of sp³-hybridized carbons (Fsp3) is 0.429. The van der Waals surface area contributed by atoms with Crippen molar-refractivity contribution in [1.29, 1.82) is 0 Å². The maximum Gasteiger partial charge on any atom is 0.335 e. The first-order valence-corrected chi connectivity index (χ1v) is 6.42. The lowest BCUT2D eigenvalue weighted by Gasteiger charge is -2.23. The van der Waals surface area contributed by atoms with E-state index in [1.807, 2.05) is 0 Å². The fourth-order valence-electron chi connectivity index (χ4n) is 1.57. The molecule has 0 amide bonds. The van der Waals surface area contributed by atoms with Crippen LogP contribution in [0, 0.1) is 5.41 Å². The van der Waals surface area contributed by atoms with Crippen molar-refractivity contribution in [2.45, 2.75) is 13.8 Å². The zero-order valence-electron chi connectivity index (χ0n) is 12.2. The number of aromatic carboxylic acids is 1. The van der Waals surface area contributed by atoms with E-state index in [-0.39, 0.29) is 28.7 Å². The van der Waals surface area contributed by atoms with Gasteiger partial charge in [-0.2, -0.15) is 0 Å². The first kappa shape index (κ1) is 17.1. The van der Waals surface area contributed by atoms with Crippen LogP contribution in [-0.4, -0.2) is 37.9 Å². The minimum Gasteiger partial charge on any atom is -0.493 e. The molecule has 0 fully saturated rings. The van der Waals surface area contributed by atoms with E-state index in [0.717, 1.165) is 0 Å². The number of carboxylic acid groups (broad SMARTS) is 1. The molecule has 7 heteroatoms. The van der Waals surface area contributed by atoms with Crippen molar-refractivity contribution in [1.82, 2.24) is 0 Å². The minimum absolute atomic E-state index is 0.00215. The largest absolute Gasteiger partial charge is 0.493 e. The molecule has 1 rings (SSSR count). The molecule has 0 bridgehead atoms. The second kappa shape index (κ2) is 6.67. The van der Waals surface area contributed by atoms with Crippen LogP contribution in [0.5, 0.6) is 11.5 Å². The number of carbonyl (C=O) groups is 2. The predicted molar refractivity (Wildman–Crippen MR) is 76.3 cm³/mol. The summed E-state index contributed by atoms with van der Waals surface area (Å²) in [5.41, 5.74) is -0.898. The lowest BCUT2D eigenvalue weighted by atomic mass is 9.95. The van der Waals surface area contributed by atoms with Gasteiger partial charge in [0.25, 0.3) is 0 Å². The standard InChI is InChI=1S/C14H17ClO6/c1-14(2,13(18)20-4)7-21-11-9(15)5-8(12(16)17)6-10(11)19-3/h5-6H,7H2,1-4H3,(H,16,17). The Labute approximate surface area is 127 Å². The summed E-state index contributed by atoms with van der Waals surface area (Å²) in [5, 5.41) is 9.06. The summed E-state index contributed by atoms with van der Waals surface area (Å²) in [5.74, 6) is -1.20. The third-order valence-electron chi connectivity index (χ3n) is 2.79. The molecule has 0 saturated carbocycles. The Kier molecular flexibility index (Phi) is 5.43. The molecule has 0 aliphatic carbocycles. The van der Waals surface area contributed by atoms with Crippen molar-refractivity contribution in [3.8, 4) is 11.5 Å². The van der Waals surface area contributed by atoms with Crippen molar-refractivity contribution in [3.05, 3.63) is 22.7 Å². The van der Waals surface area contributed by atoms with Crippen LogP contribution < -0.4 is 9.47 Å². The van der Waals surface area contributed by atoms with Gasteiger partial charge in [0.2, 0.25) is 0 Å². The minimum atomic E-state index is -1.13. The van der Waals surface area contributed by atoms with Gasteiger partial charge in [-0.1, -0.05) is 11.6 Å². The SMILES string of the molecule is COC(=O)C(C)(C)COc1c(Cl)cc(C(=O)O)cc1OC. The van der Waals surface area contributed by atoms with E-state index in [1.54, 1.807) is 13.8 Å². The van der Waals surface area contributed by atoms with Crippen molar-refractivity contribution in [3.63, 3.8) is 0 Å². The summed E-state index contributed by atoms with van der Waals surface area (Å²) in [6.07, 6.45) is 0. The lowest BCUT2D eigenvalue weighted by molar-refractivity contribution is -0.152. The highest BCUT2D eigenvalue weighted by atomic mass is 35.5. The number of methoxy groups -OCH3 is 2. The van der Waals surface area contributed by atoms with Crippen LogP contribution in [0.15, 0.2) is 12.1 Å². The molecule has 1 N–H and O–H groups in total. The number of esters is 1. The number of carbonyl (C=O) groups excluding carboxylic acids is 1. The van der Waals surface area contributed by atoms with Gasteiger partial charge in [-0.3, -0.25) is 4.79 Å². The molecule has 0 aliphatic rings. The van der Waals surface area contributed by atoms with Gasteiger partial charge in [0, 0.05) is 0 Å². The normalized spacial score (nSPS) is 10.9. The molecule has 0 aliphatic heterocycles. The molecule has 21 heavy (non-hydrogen) atoms. The molecule has 0 spiro atoms. The summed E-state index contributed by atoms with van der Waals surface area (Å²) < 4.78 is 15.3. The summed E-state index contributed by atoms with van der Waals surface area (Å²) in [4.78, 5) is 22.6. The first-order valence-electron chi connectivity index (χ1n) is 6.05. The molecule has 0 atom stereocenters. The second-order valence-electron chi connectivity index (χ2n) is 4.96. The van der Waals surface area contributed by atoms with E-state index in [1.165, 1.54) is 26.4 Å². The van der Waals surface area contributed by atoms with E-state index < -0.39 is 17.4 Å². The summed E-state index contributed by atoms with van der Waals surface area (Å²) in [6.45, 7) is 3.32. The zero-order chi connectivity index (χ0) is 16.2. The average molecular weight is 317 g/mol. The quantitative estimate of drug-likeness (QED) is 0.812. The summed E-state index contributed by atoms with van der Waals surface area (Å²) in [6, 6.07) is 2.56. The summed E-state index contributed by atoms with van der Waals surface area (Å²) >= 11 is 6.02. The van der Waals surface area contributed by atoms with E-state index in [9.17, 15) is 9.59 Å². The Morgan fingerprint density at radius 3 is 2.38 bits per heavy atom. The summed E-state index contributed by atoms with van der Waals surface area (Å²) in [7, 11) is 2.66. The highest BCUT2D eigenvalue weighted by Crippen LogP contribution is 2.37. The Morgan fingerprint density at radius 2 is 1.90 bits per heavy atom. The number of ether oxygens (including phenoxy) is 3. The van der Waals surface area contributed by atoms with Crippen LogP contribution >= 0.6 is 11.6 Å². The molecule has 0 unspecified atom stereocenters. The van der Waals surface area contributed by atoms with Gasteiger partial charge >= 0.3 is 11.9 Å². The van der Waals surface area contributed by atoms with Gasteiger partial charge in [0.15, 0.2) is 11.5 Å². The van der Waals surface area contributed by atoms with Gasteiger partial charge in [-0.25, -0.2) is 4.79 Å². The number of hydrogen-bond donors (Lipinski definition) is 1. The Balaban J connectivity index is 3.04. The van der Waals surface area contributed by atoms with Gasteiger partial charge in [-0.15, -0.1) is 0 Å². The average Bonchev–Trinajstić information content (AvgIpc) is 2.43. The molecular formula is C14H17ClO6. The number of halogens is 1. The molecule has 1 aromatic rings. The van der Waals surface area contributed by atoms with Crippen LogP contribution in [0.4, 0.5) is 0 Å². The van der Waals surface area contributed by atoms with Crippen LogP contribution in [0.2, 0.25) is 5.02 Å². The van der Waals surface area contributed by atoms with Crippen molar-refractivity contribution < 1.29 is 28.9 Å². The Hall–Kier alpha value is -1.95. The maximum atomic E-state index is 11.6.